The second-order valence-electron chi connectivity index (χ2n) is 7.32. The average molecular weight is 535 g/mol. The first-order valence-corrected chi connectivity index (χ1v) is 12.1. The number of halogens is 1. The van der Waals surface area contributed by atoms with Gasteiger partial charge in [-0.3, -0.25) is 14.4 Å². The summed E-state index contributed by atoms with van der Waals surface area (Å²) in [5.41, 5.74) is 1.49. The van der Waals surface area contributed by atoms with E-state index in [0.717, 1.165) is 25.7 Å². The Hall–Kier alpha value is -2.42. The fourth-order valence-electron chi connectivity index (χ4n) is 3.41. The van der Waals surface area contributed by atoms with Crippen molar-refractivity contribution < 1.29 is 23.9 Å². The van der Waals surface area contributed by atoms with Crippen molar-refractivity contribution in [2.45, 2.75) is 39.5 Å². The fraction of sp³-hybridized carbons (Fsp3) is 0.375. The highest BCUT2D eigenvalue weighted by atomic mass is 127. The van der Waals surface area contributed by atoms with E-state index in [4.69, 9.17) is 9.47 Å². The predicted molar refractivity (Wildman–Crippen MR) is 128 cm³/mol. The lowest BCUT2D eigenvalue weighted by atomic mass is 9.82. The van der Waals surface area contributed by atoms with E-state index < -0.39 is 0 Å². The van der Waals surface area contributed by atoms with Gasteiger partial charge in [-0.25, -0.2) is 0 Å². The van der Waals surface area contributed by atoms with Crippen LogP contribution < -0.4 is 14.8 Å². The number of hydrogen-bond donors (Lipinski definition) is 1. The van der Waals surface area contributed by atoms with Gasteiger partial charge in [0, 0.05) is 22.9 Å². The van der Waals surface area contributed by atoms with E-state index in [0.29, 0.717) is 36.0 Å². The first-order chi connectivity index (χ1) is 15.0. The molecule has 0 fully saturated rings. The molecule has 0 atom stereocenters. The van der Waals surface area contributed by atoms with E-state index in [-0.39, 0.29) is 38.6 Å². The topological polar surface area (TPSA) is 81.7 Å². The van der Waals surface area contributed by atoms with Crippen LogP contribution in [0.1, 0.15) is 71.4 Å². The molecular weight excluding hydrogens is 509 g/mol. The maximum atomic E-state index is 13.5. The molecular formula is C24H26INO5. The smallest absolute Gasteiger partial charge is 0.234 e. The number of nitrogens with one attached hydrogen (secondary N) is 1. The van der Waals surface area contributed by atoms with Crippen molar-refractivity contribution in [2.24, 2.45) is 0 Å². The molecule has 0 radical (unpaired) electrons. The van der Waals surface area contributed by atoms with Crippen LogP contribution in [0.5, 0.6) is 11.5 Å². The molecule has 0 aliphatic heterocycles. The first kappa shape index (κ1) is 23.2. The molecule has 7 heteroatoms. The summed E-state index contributed by atoms with van der Waals surface area (Å²) in [6.07, 6.45) is 3.56. The van der Waals surface area contributed by atoms with Gasteiger partial charge in [0.05, 0.1) is 28.8 Å². The highest BCUT2D eigenvalue weighted by Gasteiger charge is 2.35. The van der Waals surface area contributed by atoms with Crippen LogP contribution in [0, 0.1) is 0 Å². The molecule has 1 aliphatic carbocycles. The molecule has 0 unspecified atom stereocenters. The Kier molecular flexibility index (Phi) is 8.06. The van der Waals surface area contributed by atoms with Gasteiger partial charge in [0.15, 0.2) is 5.78 Å². The minimum absolute atomic E-state index is 0.193. The molecule has 2 aromatic rings. The van der Waals surface area contributed by atoms with Gasteiger partial charge in [0.1, 0.15) is 11.5 Å². The Bertz CT molecular complexity index is 1000. The number of alkyl halides is 1. The number of fused-ring (bicyclic) bond motifs is 2. The van der Waals surface area contributed by atoms with Crippen molar-refractivity contribution in [1.29, 1.82) is 0 Å². The molecule has 164 valence electrons. The van der Waals surface area contributed by atoms with Gasteiger partial charge in [-0.2, -0.15) is 0 Å². The number of amides is 1. The lowest BCUT2D eigenvalue weighted by molar-refractivity contribution is -0.113. The highest BCUT2D eigenvalue weighted by molar-refractivity contribution is 14.1. The Balaban J connectivity index is 2.09. The van der Waals surface area contributed by atoms with Crippen LogP contribution in [-0.4, -0.2) is 35.1 Å². The van der Waals surface area contributed by atoms with Gasteiger partial charge in [-0.1, -0.05) is 61.4 Å². The van der Waals surface area contributed by atoms with Crippen molar-refractivity contribution in [3.63, 3.8) is 0 Å². The van der Waals surface area contributed by atoms with Crippen LogP contribution in [0.25, 0.3) is 0 Å². The van der Waals surface area contributed by atoms with E-state index in [1.165, 1.54) is 0 Å². The van der Waals surface area contributed by atoms with Crippen LogP contribution in [-0.2, 0) is 4.79 Å². The molecule has 1 N–H and O–H groups in total. The second-order valence-corrected chi connectivity index (χ2v) is 8.08. The number of ketones is 2. The minimum atomic E-state index is -0.296. The maximum Gasteiger partial charge on any atom is 0.234 e. The summed E-state index contributed by atoms with van der Waals surface area (Å²) in [5.74, 6) is -0.0492. The number of anilines is 1. The summed E-state index contributed by atoms with van der Waals surface area (Å²) >= 11 is 1.97. The van der Waals surface area contributed by atoms with Crippen molar-refractivity contribution in [2.75, 3.05) is 23.0 Å². The number of unbranched alkanes of at least 4 members (excludes halogenated alkanes) is 2. The monoisotopic (exact) mass is 535 g/mol. The van der Waals surface area contributed by atoms with Gasteiger partial charge < -0.3 is 14.8 Å². The Labute approximate surface area is 195 Å². The normalized spacial score (nSPS) is 12.2. The van der Waals surface area contributed by atoms with E-state index >= 15 is 0 Å². The summed E-state index contributed by atoms with van der Waals surface area (Å²) in [7, 11) is 0. The van der Waals surface area contributed by atoms with Gasteiger partial charge in [0.25, 0.3) is 0 Å². The Morgan fingerprint density at radius 3 is 2.19 bits per heavy atom. The molecule has 0 aromatic heterocycles. The molecule has 0 heterocycles. The fourth-order valence-corrected chi connectivity index (χ4v) is 3.60. The second kappa shape index (κ2) is 10.7. The van der Waals surface area contributed by atoms with Crippen LogP contribution in [0.4, 0.5) is 5.69 Å². The number of benzene rings is 2. The summed E-state index contributed by atoms with van der Waals surface area (Å²) < 4.78 is 12.0. The summed E-state index contributed by atoms with van der Waals surface area (Å²) in [4.78, 5) is 38.8. The zero-order chi connectivity index (χ0) is 22.4. The van der Waals surface area contributed by atoms with Crippen LogP contribution >= 0.6 is 22.6 Å². The van der Waals surface area contributed by atoms with E-state index in [9.17, 15) is 14.4 Å². The number of ether oxygens (including phenoxy) is 2. The molecule has 3 rings (SSSR count). The van der Waals surface area contributed by atoms with Crippen molar-refractivity contribution in [3.8, 4) is 11.5 Å². The van der Waals surface area contributed by atoms with Crippen LogP contribution in [0.3, 0.4) is 0 Å². The lowest BCUT2D eigenvalue weighted by Crippen LogP contribution is -2.24. The van der Waals surface area contributed by atoms with Gasteiger partial charge in [-0.05, 0) is 25.0 Å². The zero-order valence-corrected chi connectivity index (χ0v) is 19.9. The van der Waals surface area contributed by atoms with Gasteiger partial charge in [0.2, 0.25) is 11.7 Å². The first-order valence-electron chi connectivity index (χ1n) is 10.5. The molecule has 31 heavy (non-hydrogen) atoms. The van der Waals surface area contributed by atoms with Crippen molar-refractivity contribution >= 4 is 45.8 Å². The van der Waals surface area contributed by atoms with Crippen LogP contribution in [0.2, 0.25) is 0 Å². The third-order valence-corrected chi connectivity index (χ3v) is 5.68. The van der Waals surface area contributed by atoms with E-state index in [1.807, 2.05) is 29.5 Å². The third kappa shape index (κ3) is 5.08. The summed E-state index contributed by atoms with van der Waals surface area (Å²) in [5, 5.41) is 2.76. The summed E-state index contributed by atoms with van der Waals surface area (Å²) in [6, 6.07) is 8.25. The standard InChI is InChI=1S/C24H26INO5/c1-3-5-10-30-18-9-7-8-16-21(18)24(29)22-17(23(16)28)12-15(26-20(27)14-25)13-19(22)31-11-6-4-2/h7-9,12-13H,3-6,10-11,14H2,1-2H3,(H,26,27). The molecule has 0 spiro atoms. The number of hydrogen-bond acceptors (Lipinski definition) is 5. The number of rotatable bonds is 10. The molecule has 6 nitrogen and oxygen atoms in total. The predicted octanol–water partition coefficient (Wildman–Crippen LogP) is 5.19. The maximum absolute atomic E-state index is 13.5. The lowest BCUT2D eigenvalue weighted by Gasteiger charge is -2.23. The van der Waals surface area contributed by atoms with E-state index in [1.54, 1.807) is 30.3 Å². The minimum Gasteiger partial charge on any atom is -0.493 e. The molecule has 0 saturated carbocycles. The number of carbonyl (C=O) groups excluding carboxylic acids is 3. The SMILES string of the molecule is CCCCOc1cccc2c1C(=O)c1c(OCCCC)cc(NC(=O)CI)cc1C2=O. The molecule has 1 aliphatic rings. The van der Waals surface area contributed by atoms with Crippen molar-refractivity contribution in [3.05, 3.63) is 52.6 Å². The van der Waals surface area contributed by atoms with Gasteiger partial charge in [-0.15, -0.1) is 0 Å². The van der Waals surface area contributed by atoms with Gasteiger partial charge >= 0.3 is 0 Å². The molecule has 0 bridgehead atoms. The zero-order valence-electron chi connectivity index (χ0n) is 17.8. The third-order valence-electron chi connectivity index (χ3n) is 4.99. The molecule has 2 aromatic carbocycles. The largest absolute Gasteiger partial charge is 0.493 e. The Morgan fingerprint density at radius 1 is 0.903 bits per heavy atom. The quantitative estimate of drug-likeness (QED) is 0.220. The Morgan fingerprint density at radius 2 is 1.55 bits per heavy atom. The molecule has 0 saturated heterocycles. The van der Waals surface area contributed by atoms with Crippen LogP contribution in [0.15, 0.2) is 30.3 Å². The summed E-state index contributed by atoms with van der Waals surface area (Å²) in [6.45, 7) is 4.99. The number of carbonyl (C=O) groups is 3. The highest BCUT2D eigenvalue weighted by Crippen LogP contribution is 2.39. The average Bonchev–Trinajstić information content (AvgIpc) is 2.77. The molecule has 1 amide bonds. The van der Waals surface area contributed by atoms with E-state index in [2.05, 4.69) is 12.2 Å². The van der Waals surface area contributed by atoms with Crippen molar-refractivity contribution in [1.82, 2.24) is 0 Å².